The van der Waals surface area contributed by atoms with E-state index in [4.69, 9.17) is 0 Å². The second kappa shape index (κ2) is 5.87. The van der Waals surface area contributed by atoms with Gasteiger partial charge in [0.2, 0.25) is 0 Å². The zero-order chi connectivity index (χ0) is 19.4. The topological polar surface area (TPSA) is 12.9 Å². The first-order chi connectivity index (χ1) is 12.7. The van der Waals surface area contributed by atoms with E-state index in [1.807, 2.05) is 0 Å². The molecule has 0 amide bonds. The second-order valence-corrected chi connectivity index (χ2v) is 6.58. The molecule has 1 aliphatic rings. The van der Waals surface area contributed by atoms with E-state index in [9.17, 15) is 22.0 Å². The fourth-order valence-corrected chi connectivity index (χ4v) is 3.70. The highest BCUT2D eigenvalue weighted by molar-refractivity contribution is 5.79. The quantitative estimate of drug-likeness (QED) is 0.380. The molecule has 3 aromatic rings. The maximum Gasteiger partial charge on any atom is 0.458 e. The van der Waals surface area contributed by atoms with Crippen molar-refractivity contribution in [1.82, 2.24) is 4.98 Å². The smallest absolute Gasteiger partial charge is 0.253 e. The van der Waals surface area contributed by atoms with Crippen LogP contribution < -0.4 is 0 Å². The van der Waals surface area contributed by atoms with Crippen LogP contribution in [0, 0.1) is 6.92 Å². The molecule has 27 heavy (non-hydrogen) atoms. The number of hydrogen-bond acceptors (Lipinski definition) is 1. The zero-order valence-electron chi connectivity index (χ0n) is 14.2. The number of fused-ring (bicyclic) bond motifs is 3. The number of rotatable bonds is 2. The number of halogens is 5. The molecule has 1 heterocycles. The molecule has 0 saturated heterocycles. The molecule has 138 valence electrons. The highest BCUT2D eigenvalue weighted by Crippen LogP contribution is 2.54. The first kappa shape index (κ1) is 17.6. The van der Waals surface area contributed by atoms with E-state index >= 15 is 0 Å². The molecule has 0 fully saturated rings. The van der Waals surface area contributed by atoms with E-state index in [1.54, 1.807) is 54.6 Å². The Bertz CT molecular complexity index is 1010. The van der Waals surface area contributed by atoms with E-state index in [2.05, 4.69) is 4.98 Å². The first-order valence-corrected chi connectivity index (χ1v) is 8.32. The maximum atomic E-state index is 14.5. The summed E-state index contributed by atoms with van der Waals surface area (Å²) in [4.78, 5) is 4.33. The van der Waals surface area contributed by atoms with Crippen LogP contribution in [-0.2, 0) is 5.92 Å². The summed E-state index contributed by atoms with van der Waals surface area (Å²) in [5.41, 5.74) is 1.13. The summed E-state index contributed by atoms with van der Waals surface area (Å²) in [6.45, 7) is 1.43. The molecule has 1 nitrogen and oxygen atoms in total. The van der Waals surface area contributed by atoms with Crippen LogP contribution in [0.4, 0.5) is 22.0 Å². The van der Waals surface area contributed by atoms with Gasteiger partial charge in [-0.25, -0.2) is 0 Å². The van der Waals surface area contributed by atoms with Crippen LogP contribution in [0.15, 0.2) is 60.7 Å². The molecule has 1 unspecified atom stereocenters. The predicted molar refractivity (Wildman–Crippen MR) is 91.7 cm³/mol. The van der Waals surface area contributed by atoms with Crippen LogP contribution in [0.25, 0.3) is 11.3 Å². The fourth-order valence-electron chi connectivity index (χ4n) is 3.70. The van der Waals surface area contributed by atoms with Crippen molar-refractivity contribution in [3.05, 3.63) is 88.6 Å². The number of nitrogens with zero attached hydrogens (tertiary/aromatic N) is 1. The molecular weight excluding hydrogens is 361 g/mol. The minimum atomic E-state index is -5.69. The van der Waals surface area contributed by atoms with Gasteiger partial charge < -0.3 is 0 Å². The predicted octanol–water partition coefficient (Wildman–Crippen LogP) is 6.20. The Hall–Kier alpha value is -2.76. The van der Waals surface area contributed by atoms with Crippen molar-refractivity contribution < 1.29 is 22.0 Å². The largest absolute Gasteiger partial charge is 0.458 e. The molecule has 4 rings (SSSR count). The molecule has 0 aliphatic heterocycles. The molecule has 0 radical (unpaired) electrons. The Morgan fingerprint density at radius 3 is 2.15 bits per heavy atom. The summed E-state index contributed by atoms with van der Waals surface area (Å²) in [5.74, 6) is -5.70. The number of pyridine rings is 1. The van der Waals surface area contributed by atoms with Crippen LogP contribution in [0.3, 0.4) is 0 Å². The summed E-state index contributed by atoms with van der Waals surface area (Å²) in [6.07, 6.45) is -5.69. The van der Waals surface area contributed by atoms with Gasteiger partial charge >= 0.3 is 12.1 Å². The van der Waals surface area contributed by atoms with E-state index in [1.165, 1.54) is 6.92 Å². The van der Waals surface area contributed by atoms with Gasteiger partial charge in [-0.15, -0.1) is 0 Å². The summed E-state index contributed by atoms with van der Waals surface area (Å²) >= 11 is 0. The molecular formula is C21H14F5N. The van der Waals surface area contributed by atoms with Crippen molar-refractivity contribution in [2.45, 2.75) is 24.9 Å². The standard InChI is InChI=1S/C21H14F5N/c1-12-11-16(20(22,23)21(24,25)26)18-17(13-7-3-2-4-8-13)14-9-5-6-10-15(14)19(18)27-12/h2-11,17H,1H3. The minimum Gasteiger partial charge on any atom is -0.253 e. The van der Waals surface area contributed by atoms with Gasteiger partial charge in [-0.05, 0) is 29.7 Å². The third-order valence-corrected chi connectivity index (χ3v) is 4.83. The average molecular weight is 375 g/mol. The Kier molecular flexibility index (Phi) is 3.84. The monoisotopic (exact) mass is 375 g/mol. The van der Waals surface area contributed by atoms with E-state index in [0.29, 0.717) is 16.7 Å². The maximum absolute atomic E-state index is 14.5. The first-order valence-electron chi connectivity index (χ1n) is 8.32. The number of aromatic nitrogens is 1. The summed E-state index contributed by atoms with van der Waals surface area (Å²) in [6, 6.07) is 16.5. The highest BCUT2D eigenvalue weighted by Gasteiger charge is 2.60. The van der Waals surface area contributed by atoms with Gasteiger partial charge in [-0.1, -0.05) is 54.6 Å². The van der Waals surface area contributed by atoms with Crippen LogP contribution >= 0.6 is 0 Å². The Morgan fingerprint density at radius 1 is 0.852 bits per heavy atom. The Morgan fingerprint density at radius 2 is 1.48 bits per heavy atom. The number of benzene rings is 2. The minimum absolute atomic E-state index is 0.0738. The van der Waals surface area contributed by atoms with Gasteiger partial charge in [0.1, 0.15) is 0 Å². The summed E-state index contributed by atoms with van der Waals surface area (Å²) in [7, 11) is 0. The van der Waals surface area contributed by atoms with Gasteiger partial charge in [-0.2, -0.15) is 22.0 Å². The normalized spacial score (nSPS) is 16.1. The zero-order valence-corrected chi connectivity index (χ0v) is 14.2. The SMILES string of the molecule is Cc1cc(C(F)(F)C(F)(F)F)c2c(n1)-c1ccccc1C2c1ccccc1. The third kappa shape index (κ3) is 2.62. The van der Waals surface area contributed by atoms with Crippen molar-refractivity contribution >= 4 is 0 Å². The molecule has 1 aromatic heterocycles. The van der Waals surface area contributed by atoms with Gasteiger partial charge in [0.15, 0.2) is 0 Å². The van der Waals surface area contributed by atoms with Gasteiger partial charge in [0.05, 0.1) is 5.69 Å². The summed E-state index contributed by atoms with van der Waals surface area (Å²) in [5, 5.41) is 0. The van der Waals surface area contributed by atoms with E-state index in [0.717, 1.165) is 6.07 Å². The van der Waals surface area contributed by atoms with Gasteiger partial charge in [0, 0.05) is 22.7 Å². The number of alkyl halides is 5. The third-order valence-electron chi connectivity index (χ3n) is 4.83. The van der Waals surface area contributed by atoms with Crippen molar-refractivity contribution in [1.29, 1.82) is 0 Å². The Labute approximate surface area is 152 Å². The lowest BCUT2D eigenvalue weighted by Gasteiger charge is -2.25. The fraction of sp³-hybridized carbons (Fsp3) is 0.190. The van der Waals surface area contributed by atoms with Crippen LogP contribution in [0.1, 0.15) is 33.9 Å². The lowest BCUT2D eigenvalue weighted by atomic mass is 9.85. The van der Waals surface area contributed by atoms with Crippen molar-refractivity contribution in [2.24, 2.45) is 0 Å². The van der Waals surface area contributed by atoms with E-state index < -0.39 is 23.6 Å². The van der Waals surface area contributed by atoms with E-state index in [-0.39, 0.29) is 17.0 Å². The molecule has 1 atom stereocenters. The average Bonchev–Trinajstić information content (AvgIpc) is 2.95. The number of aryl methyl sites for hydroxylation is 1. The molecule has 6 heteroatoms. The van der Waals surface area contributed by atoms with Gasteiger partial charge in [0.25, 0.3) is 0 Å². The Balaban J connectivity index is 2.08. The van der Waals surface area contributed by atoms with Crippen LogP contribution in [0.5, 0.6) is 0 Å². The molecule has 0 N–H and O–H groups in total. The lowest BCUT2D eigenvalue weighted by molar-refractivity contribution is -0.289. The van der Waals surface area contributed by atoms with Crippen molar-refractivity contribution in [3.8, 4) is 11.3 Å². The molecule has 2 aromatic carbocycles. The molecule has 0 saturated carbocycles. The highest BCUT2D eigenvalue weighted by atomic mass is 19.4. The van der Waals surface area contributed by atoms with Crippen molar-refractivity contribution in [3.63, 3.8) is 0 Å². The van der Waals surface area contributed by atoms with Crippen LogP contribution in [-0.4, -0.2) is 11.2 Å². The van der Waals surface area contributed by atoms with Crippen LogP contribution in [0.2, 0.25) is 0 Å². The second-order valence-electron chi connectivity index (χ2n) is 6.58. The van der Waals surface area contributed by atoms with Crippen molar-refractivity contribution in [2.75, 3.05) is 0 Å². The molecule has 0 spiro atoms. The summed E-state index contributed by atoms with van der Waals surface area (Å²) < 4.78 is 68.5. The molecule has 0 bridgehead atoms. The molecule has 1 aliphatic carbocycles. The lowest BCUT2D eigenvalue weighted by Crippen LogP contribution is -2.35. The number of hydrogen-bond donors (Lipinski definition) is 0. The van der Waals surface area contributed by atoms with Gasteiger partial charge in [-0.3, -0.25) is 4.98 Å².